The van der Waals surface area contributed by atoms with Crippen molar-refractivity contribution in [2.75, 3.05) is 5.75 Å². The molecule has 3 rings (SSSR count). The quantitative estimate of drug-likeness (QED) is 0.411. The highest BCUT2D eigenvalue weighted by Crippen LogP contribution is 2.18. The van der Waals surface area contributed by atoms with Gasteiger partial charge in [-0.15, -0.1) is 0 Å². The molecule has 24 heavy (non-hydrogen) atoms. The number of hydrogen-bond acceptors (Lipinski definition) is 4. The first kappa shape index (κ1) is 16.3. The summed E-state index contributed by atoms with van der Waals surface area (Å²) in [6.07, 6.45) is 2.65. The van der Waals surface area contributed by atoms with Crippen LogP contribution in [0.25, 0.3) is 11.0 Å². The first-order valence-corrected chi connectivity index (χ1v) is 8.71. The standard InChI is InChI=1S/C18H18N4OS/c1-2-13-7-9-14(10-8-13)11-19-22-17(23)12-24-18-20-15-5-3-4-6-16(15)21-18/h3-11H,2,12H2,1H3,(H,20,21)(H,22,23)/b19-11-. The molecule has 6 heteroatoms. The number of thioether (sulfide) groups is 1. The van der Waals surface area contributed by atoms with E-state index in [1.165, 1.54) is 17.3 Å². The Morgan fingerprint density at radius 2 is 2.04 bits per heavy atom. The molecule has 2 N–H and O–H groups in total. The third kappa shape index (κ3) is 4.23. The Labute approximate surface area is 144 Å². The Hall–Kier alpha value is -2.60. The van der Waals surface area contributed by atoms with Gasteiger partial charge >= 0.3 is 0 Å². The van der Waals surface area contributed by atoms with Crippen LogP contribution < -0.4 is 5.43 Å². The number of hydrogen-bond donors (Lipinski definition) is 2. The lowest BCUT2D eigenvalue weighted by Crippen LogP contribution is -2.19. The van der Waals surface area contributed by atoms with Gasteiger partial charge in [0.2, 0.25) is 0 Å². The molecule has 0 radical (unpaired) electrons. The number of carbonyl (C=O) groups excluding carboxylic acids is 1. The predicted octanol–water partition coefficient (Wildman–Crippen LogP) is 3.37. The molecule has 0 aliphatic rings. The predicted molar refractivity (Wildman–Crippen MR) is 98.4 cm³/mol. The molecular formula is C18H18N4OS. The summed E-state index contributed by atoms with van der Waals surface area (Å²) in [5.74, 6) is 0.0910. The van der Waals surface area contributed by atoms with Crippen LogP contribution in [-0.4, -0.2) is 27.8 Å². The van der Waals surface area contributed by atoms with Crippen LogP contribution in [0.3, 0.4) is 0 Å². The smallest absolute Gasteiger partial charge is 0.250 e. The van der Waals surface area contributed by atoms with E-state index in [1.54, 1.807) is 6.21 Å². The fourth-order valence-corrected chi connectivity index (χ4v) is 2.86. The second-order valence-electron chi connectivity index (χ2n) is 5.24. The molecule has 0 unspecified atom stereocenters. The number of nitrogens with zero attached hydrogens (tertiary/aromatic N) is 2. The molecule has 0 spiro atoms. The van der Waals surface area contributed by atoms with E-state index in [-0.39, 0.29) is 11.7 Å². The highest BCUT2D eigenvalue weighted by molar-refractivity contribution is 7.99. The summed E-state index contributed by atoms with van der Waals surface area (Å²) in [6, 6.07) is 15.9. The number of rotatable bonds is 6. The van der Waals surface area contributed by atoms with E-state index >= 15 is 0 Å². The van der Waals surface area contributed by atoms with E-state index in [0.717, 1.165) is 28.2 Å². The maximum atomic E-state index is 11.8. The van der Waals surface area contributed by atoms with Gasteiger partial charge in [0.1, 0.15) is 0 Å². The van der Waals surface area contributed by atoms with Gasteiger partial charge in [-0.3, -0.25) is 4.79 Å². The number of fused-ring (bicyclic) bond motifs is 1. The van der Waals surface area contributed by atoms with Crippen LogP contribution in [0.2, 0.25) is 0 Å². The molecule has 0 aliphatic carbocycles. The fraction of sp³-hybridized carbons (Fsp3) is 0.167. The van der Waals surface area contributed by atoms with Gasteiger partial charge < -0.3 is 4.98 Å². The zero-order valence-electron chi connectivity index (χ0n) is 13.3. The lowest BCUT2D eigenvalue weighted by atomic mass is 10.1. The van der Waals surface area contributed by atoms with Gasteiger partial charge in [-0.2, -0.15) is 5.10 Å². The number of aromatic nitrogens is 2. The molecule has 1 amide bonds. The molecular weight excluding hydrogens is 320 g/mol. The van der Waals surface area contributed by atoms with Gasteiger partial charge in [-0.05, 0) is 29.7 Å². The summed E-state index contributed by atoms with van der Waals surface area (Å²) < 4.78 is 0. The largest absolute Gasteiger partial charge is 0.333 e. The lowest BCUT2D eigenvalue weighted by molar-refractivity contribution is -0.118. The minimum absolute atomic E-state index is 0.165. The maximum absolute atomic E-state index is 11.8. The highest BCUT2D eigenvalue weighted by atomic mass is 32.2. The molecule has 1 aromatic heterocycles. The average Bonchev–Trinajstić information content (AvgIpc) is 3.03. The van der Waals surface area contributed by atoms with Crippen LogP contribution >= 0.6 is 11.8 Å². The zero-order valence-corrected chi connectivity index (χ0v) is 14.1. The van der Waals surface area contributed by atoms with Crippen molar-refractivity contribution >= 4 is 34.9 Å². The second kappa shape index (κ2) is 7.79. The van der Waals surface area contributed by atoms with Crippen LogP contribution in [0, 0.1) is 0 Å². The molecule has 0 saturated carbocycles. The molecule has 2 aromatic carbocycles. The van der Waals surface area contributed by atoms with E-state index < -0.39 is 0 Å². The van der Waals surface area contributed by atoms with E-state index in [1.807, 2.05) is 36.4 Å². The molecule has 3 aromatic rings. The Kier molecular flexibility index (Phi) is 5.28. The Morgan fingerprint density at radius 1 is 1.25 bits per heavy atom. The van der Waals surface area contributed by atoms with Crippen molar-refractivity contribution in [3.8, 4) is 0 Å². The summed E-state index contributed by atoms with van der Waals surface area (Å²) in [6.45, 7) is 2.11. The third-order valence-corrected chi connectivity index (χ3v) is 4.37. The highest BCUT2D eigenvalue weighted by Gasteiger charge is 2.06. The summed E-state index contributed by atoms with van der Waals surface area (Å²) in [7, 11) is 0. The van der Waals surface area contributed by atoms with E-state index in [4.69, 9.17) is 0 Å². The molecule has 5 nitrogen and oxygen atoms in total. The summed E-state index contributed by atoms with van der Waals surface area (Å²) in [4.78, 5) is 19.4. The first-order valence-electron chi connectivity index (χ1n) is 7.73. The van der Waals surface area contributed by atoms with Crippen LogP contribution in [0.15, 0.2) is 58.8 Å². The number of benzene rings is 2. The summed E-state index contributed by atoms with van der Waals surface area (Å²) >= 11 is 1.35. The molecule has 0 bridgehead atoms. The minimum atomic E-state index is -0.165. The number of nitrogens with one attached hydrogen (secondary N) is 2. The number of hydrazone groups is 1. The fourth-order valence-electron chi connectivity index (χ4n) is 2.18. The normalized spacial score (nSPS) is 11.2. The summed E-state index contributed by atoms with van der Waals surface area (Å²) in [5, 5.41) is 4.71. The molecule has 122 valence electrons. The molecule has 0 saturated heterocycles. The number of aromatic amines is 1. The van der Waals surface area contributed by atoms with Gasteiger partial charge in [0, 0.05) is 0 Å². The van der Waals surface area contributed by atoms with Crippen molar-refractivity contribution in [1.82, 2.24) is 15.4 Å². The van der Waals surface area contributed by atoms with E-state index in [0.29, 0.717) is 0 Å². The van der Waals surface area contributed by atoms with Crippen molar-refractivity contribution in [3.63, 3.8) is 0 Å². The van der Waals surface area contributed by atoms with E-state index in [9.17, 15) is 4.79 Å². The molecule has 0 atom stereocenters. The SMILES string of the molecule is CCc1ccc(/C=N\NC(=O)CSc2nc3ccccc3[nH]2)cc1. The number of imidazole rings is 1. The lowest BCUT2D eigenvalue weighted by Gasteiger charge is -1.99. The van der Waals surface area contributed by atoms with Crippen molar-refractivity contribution in [1.29, 1.82) is 0 Å². The monoisotopic (exact) mass is 338 g/mol. The number of H-pyrrole nitrogens is 1. The zero-order chi connectivity index (χ0) is 16.8. The molecule has 0 aliphatic heterocycles. The van der Waals surface area contributed by atoms with Gasteiger partial charge in [0.05, 0.1) is 23.0 Å². The van der Waals surface area contributed by atoms with Crippen molar-refractivity contribution in [2.45, 2.75) is 18.5 Å². The Bertz CT molecular complexity index is 822. The van der Waals surface area contributed by atoms with Crippen LogP contribution in [0.1, 0.15) is 18.1 Å². The minimum Gasteiger partial charge on any atom is -0.333 e. The van der Waals surface area contributed by atoms with Crippen LogP contribution in [0.4, 0.5) is 0 Å². The van der Waals surface area contributed by atoms with Crippen molar-refractivity contribution < 1.29 is 4.79 Å². The van der Waals surface area contributed by atoms with Gasteiger partial charge in [0.15, 0.2) is 5.16 Å². The van der Waals surface area contributed by atoms with Gasteiger partial charge in [0.25, 0.3) is 5.91 Å². The number of amides is 1. The number of aryl methyl sites for hydroxylation is 1. The van der Waals surface area contributed by atoms with Crippen LogP contribution in [-0.2, 0) is 11.2 Å². The summed E-state index contributed by atoms with van der Waals surface area (Å²) in [5.41, 5.74) is 6.63. The topological polar surface area (TPSA) is 70.1 Å². The van der Waals surface area contributed by atoms with Gasteiger partial charge in [-0.25, -0.2) is 10.4 Å². The third-order valence-electron chi connectivity index (χ3n) is 3.50. The Balaban J connectivity index is 1.49. The van der Waals surface area contributed by atoms with E-state index in [2.05, 4.69) is 39.6 Å². The van der Waals surface area contributed by atoms with Crippen molar-refractivity contribution in [2.24, 2.45) is 5.10 Å². The average molecular weight is 338 g/mol. The number of para-hydroxylation sites is 2. The number of carbonyl (C=O) groups is 1. The van der Waals surface area contributed by atoms with Crippen LogP contribution in [0.5, 0.6) is 0 Å². The second-order valence-corrected chi connectivity index (χ2v) is 6.20. The van der Waals surface area contributed by atoms with Crippen molar-refractivity contribution in [3.05, 3.63) is 59.7 Å². The molecule has 1 heterocycles. The Morgan fingerprint density at radius 3 is 2.79 bits per heavy atom. The molecule has 0 fully saturated rings. The van der Waals surface area contributed by atoms with Gasteiger partial charge in [-0.1, -0.05) is 55.1 Å². The maximum Gasteiger partial charge on any atom is 0.250 e. The first-order chi connectivity index (χ1) is 11.7.